The van der Waals surface area contributed by atoms with Crippen molar-refractivity contribution in [1.82, 2.24) is 5.32 Å². The first-order chi connectivity index (χ1) is 7.44. The number of aliphatic imine (C=N–C) groups is 1. The first-order valence-corrected chi connectivity index (χ1v) is 6.58. The van der Waals surface area contributed by atoms with Crippen molar-refractivity contribution in [3.8, 4) is 0 Å². The molecule has 1 unspecified atom stereocenters. The molecule has 0 amide bonds. The number of carbonyl (C=O) groups is 1. The summed E-state index contributed by atoms with van der Waals surface area (Å²) in [4.78, 5) is 15.8. The molecule has 16 heavy (non-hydrogen) atoms. The zero-order chi connectivity index (χ0) is 12.2. The van der Waals surface area contributed by atoms with Crippen LogP contribution in [0.4, 0.5) is 0 Å². The van der Waals surface area contributed by atoms with E-state index in [0.717, 1.165) is 17.3 Å². The zero-order valence-electron chi connectivity index (χ0n) is 10.4. The van der Waals surface area contributed by atoms with Crippen LogP contribution in [-0.2, 0) is 9.53 Å². The first kappa shape index (κ1) is 13.4. The fourth-order valence-corrected chi connectivity index (χ4v) is 2.74. The third-order valence-corrected chi connectivity index (χ3v) is 3.24. The van der Waals surface area contributed by atoms with E-state index in [0.29, 0.717) is 6.61 Å². The van der Waals surface area contributed by atoms with Gasteiger partial charge in [-0.3, -0.25) is 0 Å². The molecule has 1 fully saturated rings. The van der Waals surface area contributed by atoms with Crippen molar-refractivity contribution in [2.24, 2.45) is 4.99 Å². The van der Waals surface area contributed by atoms with Crippen LogP contribution in [0.15, 0.2) is 4.99 Å². The topological polar surface area (TPSA) is 50.7 Å². The lowest BCUT2D eigenvalue weighted by Gasteiger charge is -2.32. The Balaban J connectivity index is 2.58. The molecule has 0 bridgehead atoms. The minimum absolute atomic E-state index is 0.0679. The highest BCUT2D eigenvalue weighted by Gasteiger charge is 2.25. The summed E-state index contributed by atoms with van der Waals surface area (Å²) in [6.45, 7) is 8.23. The predicted molar refractivity (Wildman–Crippen MR) is 67.8 cm³/mol. The molecular formula is C11H20N2O2S. The highest BCUT2D eigenvalue weighted by atomic mass is 32.2. The molecule has 1 N–H and O–H groups in total. The summed E-state index contributed by atoms with van der Waals surface area (Å²) in [5.41, 5.74) is 0.0679. The second-order valence-electron chi connectivity index (χ2n) is 4.47. The number of carbonyl (C=O) groups excluding carboxylic acids is 1. The molecule has 0 radical (unpaired) electrons. The van der Waals surface area contributed by atoms with Gasteiger partial charge in [-0.2, -0.15) is 0 Å². The van der Waals surface area contributed by atoms with Gasteiger partial charge in [-0.1, -0.05) is 11.8 Å². The fraction of sp³-hybridized carbons (Fsp3) is 0.818. The summed E-state index contributed by atoms with van der Waals surface area (Å²) in [7, 11) is 0. The molecule has 5 heteroatoms. The molecular weight excluding hydrogens is 224 g/mol. The van der Waals surface area contributed by atoms with Crippen molar-refractivity contribution >= 4 is 22.9 Å². The Kier molecular flexibility index (Phi) is 4.65. The third kappa shape index (κ3) is 4.04. The van der Waals surface area contributed by atoms with Gasteiger partial charge < -0.3 is 10.1 Å². The monoisotopic (exact) mass is 244 g/mol. The van der Waals surface area contributed by atoms with Gasteiger partial charge in [0.2, 0.25) is 0 Å². The summed E-state index contributed by atoms with van der Waals surface area (Å²) in [6.07, 6.45) is 1.10. The number of nitrogens with zero attached hydrogens (tertiary/aromatic N) is 1. The van der Waals surface area contributed by atoms with E-state index in [-0.39, 0.29) is 11.5 Å². The largest absolute Gasteiger partial charge is 0.464 e. The Labute approximate surface area is 101 Å². The molecule has 1 aliphatic rings. The van der Waals surface area contributed by atoms with Crippen LogP contribution in [0.1, 0.15) is 34.1 Å². The molecule has 0 aliphatic carbocycles. The number of hydrogen-bond acceptors (Lipinski definition) is 4. The van der Waals surface area contributed by atoms with Crippen LogP contribution in [0.5, 0.6) is 0 Å². The van der Waals surface area contributed by atoms with Gasteiger partial charge in [-0.25, -0.2) is 9.79 Å². The maximum atomic E-state index is 11.4. The van der Waals surface area contributed by atoms with Crippen LogP contribution in [0.3, 0.4) is 0 Å². The van der Waals surface area contributed by atoms with Crippen molar-refractivity contribution in [3.05, 3.63) is 0 Å². The molecule has 0 aromatic rings. The van der Waals surface area contributed by atoms with Crippen LogP contribution in [-0.4, -0.2) is 35.1 Å². The first-order valence-electron chi connectivity index (χ1n) is 5.60. The van der Waals surface area contributed by atoms with E-state index in [4.69, 9.17) is 4.74 Å². The Morgan fingerprint density at radius 2 is 2.38 bits per heavy atom. The average molecular weight is 244 g/mol. The Bertz CT molecular complexity index is 290. The normalized spacial score (nSPS) is 23.6. The zero-order valence-corrected chi connectivity index (χ0v) is 11.2. The van der Waals surface area contributed by atoms with Gasteiger partial charge in [0.25, 0.3) is 0 Å². The van der Waals surface area contributed by atoms with E-state index >= 15 is 0 Å². The maximum absolute atomic E-state index is 11.4. The molecule has 4 nitrogen and oxygen atoms in total. The summed E-state index contributed by atoms with van der Waals surface area (Å²) in [5, 5.41) is 4.17. The van der Waals surface area contributed by atoms with Crippen LogP contribution in [0, 0.1) is 0 Å². The van der Waals surface area contributed by atoms with Gasteiger partial charge in [0.1, 0.15) is 6.04 Å². The minimum Gasteiger partial charge on any atom is -0.464 e. The lowest BCUT2D eigenvalue weighted by molar-refractivity contribution is -0.144. The smallest absolute Gasteiger partial charge is 0.330 e. The van der Waals surface area contributed by atoms with Crippen LogP contribution in [0.2, 0.25) is 0 Å². The number of thioether (sulfide) groups is 1. The van der Waals surface area contributed by atoms with Crippen molar-refractivity contribution in [2.45, 2.75) is 45.7 Å². The molecule has 1 saturated heterocycles. The number of amidine groups is 1. The quantitative estimate of drug-likeness (QED) is 0.769. The number of nitrogens with one attached hydrogen (secondary N) is 1. The second kappa shape index (κ2) is 5.57. The van der Waals surface area contributed by atoms with E-state index in [2.05, 4.69) is 24.2 Å². The maximum Gasteiger partial charge on any atom is 0.330 e. The SMILES string of the molecule is CCOC(=O)C(C)N=C1NC(C)(C)CCS1. The summed E-state index contributed by atoms with van der Waals surface area (Å²) < 4.78 is 4.91. The molecule has 0 saturated carbocycles. The summed E-state index contributed by atoms with van der Waals surface area (Å²) >= 11 is 1.66. The van der Waals surface area contributed by atoms with Gasteiger partial charge in [0.15, 0.2) is 5.17 Å². The molecule has 92 valence electrons. The molecule has 0 aromatic carbocycles. The molecule has 0 aromatic heterocycles. The summed E-state index contributed by atoms with van der Waals surface area (Å²) in [5.74, 6) is 0.773. The van der Waals surface area contributed by atoms with Gasteiger partial charge in [0.05, 0.1) is 6.61 Å². The van der Waals surface area contributed by atoms with Crippen LogP contribution < -0.4 is 5.32 Å². The number of ether oxygens (including phenoxy) is 1. The van der Waals surface area contributed by atoms with E-state index in [1.54, 1.807) is 25.6 Å². The molecule has 1 rings (SSSR count). The standard InChI is InChI=1S/C11H20N2O2S/c1-5-15-9(14)8(2)12-10-13-11(3,4)6-7-16-10/h8H,5-7H2,1-4H3,(H,12,13). The molecule has 1 aliphatic heterocycles. The predicted octanol–water partition coefficient (Wildman–Crippen LogP) is 1.80. The summed E-state index contributed by atoms with van der Waals surface area (Å²) in [6, 6.07) is -0.427. The van der Waals surface area contributed by atoms with E-state index < -0.39 is 6.04 Å². The van der Waals surface area contributed by atoms with Gasteiger partial charge in [-0.05, 0) is 34.1 Å². The van der Waals surface area contributed by atoms with E-state index in [9.17, 15) is 4.79 Å². The lowest BCUT2D eigenvalue weighted by Crippen LogP contribution is -2.46. The number of hydrogen-bond donors (Lipinski definition) is 1. The van der Waals surface area contributed by atoms with Crippen molar-refractivity contribution < 1.29 is 9.53 Å². The second-order valence-corrected chi connectivity index (χ2v) is 5.55. The average Bonchev–Trinajstić information content (AvgIpc) is 2.16. The highest BCUT2D eigenvalue weighted by Crippen LogP contribution is 2.21. The van der Waals surface area contributed by atoms with E-state index in [1.165, 1.54) is 0 Å². The minimum atomic E-state index is -0.427. The lowest BCUT2D eigenvalue weighted by atomic mass is 10.0. The molecule has 0 spiro atoms. The Hall–Kier alpha value is -0.710. The third-order valence-electron chi connectivity index (χ3n) is 2.35. The van der Waals surface area contributed by atoms with E-state index in [1.807, 2.05) is 0 Å². The van der Waals surface area contributed by atoms with Crippen LogP contribution >= 0.6 is 11.8 Å². The Morgan fingerprint density at radius 1 is 1.69 bits per heavy atom. The fourth-order valence-electron chi connectivity index (χ4n) is 1.35. The molecule has 1 atom stereocenters. The van der Waals surface area contributed by atoms with Crippen molar-refractivity contribution in [3.63, 3.8) is 0 Å². The van der Waals surface area contributed by atoms with Crippen molar-refractivity contribution in [1.29, 1.82) is 0 Å². The Morgan fingerprint density at radius 3 is 2.94 bits per heavy atom. The van der Waals surface area contributed by atoms with Crippen LogP contribution in [0.25, 0.3) is 0 Å². The van der Waals surface area contributed by atoms with Gasteiger partial charge >= 0.3 is 5.97 Å². The highest BCUT2D eigenvalue weighted by molar-refractivity contribution is 8.13. The van der Waals surface area contributed by atoms with Gasteiger partial charge in [-0.15, -0.1) is 0 Å². The number of esters is 1. The van der Waals surface area contributed by atoms with Crippen molar-refractivity contribution in [2.75, 3.05) is 12.4 Å². The number of rotatable bonds is 3. The molecule has 1 heterocycles. The van der Waals surface area contributed by atoms with Gasteiger partial charge in [0, 0.05) is 11.3 Å².